The van der Waals surface area contributed by atoms with E-state index in [1.54, 1.807) is 0 Å². The fourth-order valence-corrected chi connectivity index (χ4v) is 6.74. The van der Waals surface area contributed by atoms with Crippen molar-refractivity contribution in [1.29, 1.82) is 0 Å². The SMILES string of the molecule is CC[CH2][SnH]([Cl])[O][SnH2]. The van der Waals surface area contributed by atoms with E-state index in [0.29, 0.717) is 22.9 Å². The molecule has 1 atom stereocenters. The number of halogens is 1. The van der Waals surface area contributed by atoms with E-state index in [0.717, 1.165) is 0 Å². The first-order valence-electron chi connectivity index (χ1n) is 2.36. The van der Waals surface area contributed by atoms with Crippen LogP contribution in [-0.2, 0) is 1.41 Å². The summed E-state index contributed by atoms with van der Waals surface area (Å²) in [5.74, 6) is 0. The van der Waals surface area contributed by atoms with Crippen LogP contribution in [-0.4, -0.2) is 42.0 Å². The van der Waals surface area contributed by atoms with Gasteiger partial charge < -0.3 is 0 Å². The van der Waals surface area contributed by atoms with Crippen LogP contribution >= 0.6 is 8.92 Å². The summed E-state index contributed by atoms with van der Waals surface area (Å²) >= 11 is -1.06. The van der Waals surface area contributed by atoms with Gasteiger partial charge in [-0.2, -0.15) is 0 Å². The molecule has 0 fully saturated rings. The normalized spacial score (nSPS) is 14.1. The second-order valence-corrected chi connectivity index (χ2v) is 16.0. The molecule has 1 unspecified atom stereocenters. The summed E-state index contributed by atoms with van der Waals surface area (Å²) in [6.07, 6.45) is 1.21. The molecule has 0 aromatic carbocycles. The van der Waals surface area contributed by atoms with E-state index < -0.39 is 19.0 Å². The molecule has 0 amide bonds. The van der Waals surface area contributed by atoms with Crippen molar-refractivity contribution in [3.05, 3.63) is 0 Å². The summed E-state index contributed by atoms with van der Waals surface area (Å²) in [5.41, 5.74) is 0. The Morgan fingerprint density at radius 2 is 2.43 bits per heavy atom. The summed E-state index contributed by atoms with van der Waals surface area (Å²) in [7, 11) is 5.80. The third kappa shape index (κ3) is 5.72. The van der Waals surface area contributed by atoms with E-state index >= 15 is 0 Å². The van der Waals surface area contributed by atoms with Crippen molar-refractivity contribution in [3.8, 4) is 0 Å². The van der Waals surface area contributed by atoms with Crippen molar-refractivity contribution in [2.75, 3.05) is 0 Å². The molecule has 4 heteroatoms. The third-order valence-electron chi connectivity index (χ3n) is 0.696. The second kappa shape index (κ2) is 5.97. The van der Waals surface area contributed by atoms with E-state index in [9.17, 15) is 0 Å². The first-order chi connectivity index (χ1) is 3.31. The Kier molecular flexibility index (Phi) is 7.55. The first-order valence-corrected chi connectivity index (χ1v) is 11.9. The molecule has 1 radical (unpaired) electrons. The van der Waals surface area contributed by atoms with E-state index in [4.69, 9.17) is 10.3 Å². The van der Waals surface area contributed by atoms with Crippen molar-refractivity contribution in [1.82, 2.24) is 0 Å². The Labute approximate surface area is 69.4 Å². The molecule has 0 heterocycles. The molecular weight excluding hydrogens is 325 g/mol. The molecular formula is C3H10ClOSn2. The van der Waals surface area contributed by atoms with Crippen molar-refractivity contribution in [2.24, 2.45) is 0 Å². The van der Waals surface area contributed by atoms with E-state index in [1.165, 1.54) is 10.9 Å². The minimum absolute atomic E-state index is 0.655. The van der Waals surface area contributed by atoms with Crippen LogP contribution < -0.4 is 0 Å². The summed E-state index contributed by atoms with van der Waals surface area (Å²) < 4.78 is 6.33. The van der Waals surface area contributed by atoms with Gasteiger partial charge in [0.05, 0.1) is 0 Å². The number of hydrogen-bond acceptors (Lipinski definition) is 1. The van der Waals surface area contributed by atoms with Crippen LogP contribution in [0.2, 0.25) is 4.44 Å². The topological polar surface area (TPSA) is 9.23 Å². The molecule has 43 valence electrons. The molecule has 0 saturated heterocycles. The molecule has 0 aromatic heterocycles. The molecule has 0 spiro atoms. The summed E-state index contributed by atoms with van der Waals surface area (Å²) in [6, 6.07) is 0. The molecule has 0 aliphatic heterocycles. The maximum atomic E-state index is 5.80. The van der Waals surface area contributed by atoms with Crippen LogP contribution in [0.3, 0.4) is 0 Å². The van der Waals surface area contributed by atoms with Gasteiger partial charge in [0.25, 0.3) is 0 Å². The Balaban J connectivity index is 2.83. The van der Waals surface area contributed by atoms with E-state index in [1.807, 2.05) is 0 Å². The van der Waals surface area contributed by atoms with Crippen molar-refractivity contribution < 1.29 is 1.41 Å². The summed E-state index contributed by atoms with van der Waals surface area (Å²) in [6.45, 7) is 2.15. The minimum atomic E-state index is -1.71. The van der Waals surface area contributed by atoms with Crippen LogP contribution in [0.1, 0.15) is 13.3 Å². The Morgan fingerprint density at radius 1 is 1.86 bits per heavy atom. The molecule has 0 saturated carbocycles. The van der Waals surface area contributed by atoms with Crippen LogP contribution in [0.15, 0.2) is 0 Å². The van der Waals surface area contributed by atoms with Gasteiger partial charge in [0.15, 0.2) is 0 Å². The van der Waals surface area contributed by atoms with E-state index in [-0.39, 0.29) is 0 Å². The molecule has 0 bridgehead atoms. The molecule has 1 nitrogen and oxygen atoms in total. The molecule has 0 aliphatic carbocycles. The molecule has 0 aliphatic rings. The molecule has 7 heavy (non-hydrogen) atoms. The van der Waals surface area contributed by atoms with Crippen LogP contribution in [0.4, 0.5) is 0 Å². The number of rotatable bonds is 3. The average molecular weight is 335 g/mol. The van der Waals surface area contributed by atoms with Gasteiger partial charge in [-0.05, 0) is 0 Å². The Morgan fingerprint density at radius 3 is 2.57 bits per heavy atom. The van der Waals surface area contributed by atoms with Crippen molar-refractivity contribution in [3.63, 3.8) is 0 Å². The summed E-state index contributed by atoms with van der Waals surface area (Å²) in [4.78, 5) is 0. The van der Waals surface area contributed by atoms with Gasteiger partial charge in [0.2, 0.25) is 0 Å². The van der Waals surface area contributed by atoms with E-state index in [2.05, 4.69) is 6.92 Å². The van der Waals surface area contributed by atoms with Gasteiger partial charge in [0, 0.05) is 0 Å². The maximum absolute atomic E-state index is 5.80. The number of hydrogen-bond donors (Lipinski definition) is 0. The van der Waals surface area contributed by atoms with Gasteiger partial charge in [-0.15, -0.1) is 0 Å². The Hall–Kier alpha value is 1.85. The van der Waals surface area contributed by atoms with Crippen molar-refractivity contribution >= 4 is 50.9 Å². The average Bonchev–Trinajstić information content (AvgIpc) is 1.68. The van der Waals surface area contributed by atoms with Gasteiger partial charge in [0.1, 0.15) is 0 Å². The van der Waals surface area contributed by atoms with Gasteiger partial charge in [-0.3, -0.25) is 0 Å². The third-order valence-corrected chi connectivity index (χ3v) is 18.7. The molecule has 0 N–H and O–H groups in total. The van der Waals surface area contributed by atoms with Crippen molar-refractivity contribution in [2.45, 2.75) is 17.8 Å². The zero-order valence-electron chi connectivity index (χ0n) is 4.48. The monoisotopic (exact) mass is 337 g/mol. The predicted molar refractivity (Wildman–Crippen MR) is 37.7 cm³/mol. The molecule has 0 aromatic rings. The zero-order valence-corrected chi connectivity index (χ0v) is 12.6. The van der Waals surface area contributed by atoms with Crippen LogP contribution in [0.25, 0.3) is 0 Å². The quantitative estimate of drug-likeness (QED) is 0.680. The fourth-order valence-electron chi connectivity index (χ4n) is 0.310. The van der Waals surface area contributed by atoms with Gasteiger partial charge in [-0.25, -0.2) is 0 Å². The van der Waals surface area contributed by atoms with Crippen LogP contribution in [0.5, 0.6) is 0 Å². The summed E-state index contributed by atoms with van der Waals surface area (Å²) in [5, 5.41) is 0. The first kappa shape index (κ1) is 8.85. The van der Waals surface area contributed by atoms with Gasteiger partial charge >= 0.3 is 70.1 Å². The van der Waals surface area contributed by atoms with Gasteiger partial charge in [-0.1, -0.05) is 0 Å². The zero-order chi connectivity index (χ0) is 5.70. The standard InChI is InChI=1S/C3H7.ClH.O.2Sn.3H/c1-3-2;;;;;;;/h1,3H2,2H3;1H;;;;;;/q;;;;+1;;;/p-1. The second-order valence-electron chi connectivity index (χ2n) is 1.37. The fraction of sp³-hybridized carbons (Fsp3) is 1.00. The predicted octanol–water partition coefficient (Wildman–Crippen LogP) is 0.420. The van der Waals surface area contributed by atoms with Crippen LogP contribution in [0, 0.1) is 0 Å². The Bertz CT molecular complexity index is 43.9. The molecule has 0 rings (SSSR count).